The lowest BCUT2D eigenvalue weighted by Crippen LogP contribution is -2.22. The highest BCUT2D eigenvalue weighted by Gasteiger charge is 2.23. The minimum atomic E-state index is -0.568. The maximum Gasteiger partial charge on any atom is 0.326 e. The number of ether oxygens (including phenoxy) is 1. The molecule has 1 aliphatic heterocycles. The predicted molar refractivity (Wildman–Crippen MR) is 104 cm³/mol. The summed E-state index contributed by atoms with van der Waals surface area (Å²) < 4.78 is 6.99. The van der Waals surface area contributed by atoms with Gasteiger partial charge >= 0.3 is 6.03 Å². The van der Waals surface area contributed by atoms with Gasteiger partial charge in [0.05, 0.1) is 13.9 Å². The molecule has 3 amide bonds. The van der Waals surface area contributed by atoms with Crippen molar-refractivity contribution in [2.24, 2.45) is 0 Å². The molecule has 0 radical (unpaired) electrons. The largest absolute Gasteiger partial charge is 0.487 e. The lowest BCUT2D eigenvalue weighted by Gasteiger charge is -2.11. The van der Waals surface area contributed by atoms with Crippen molar-refractivity contribution in [2.45, 2.75) is 6.61 Å². The number of amides is 3. The molecule has 1 fully saturated rings. The number of nitro benzene ring substituents is 1. The van der Waals surface area contributed by atoms with E-state index in [1.165, 1.54) is 18.2 Å². The van der Waals surface area contributed by atoms with Crippen molar-refractivity contribution in [3.8, 4) is 5.75 Å². The number of carbonyl (C=O) groups excluding carboxylic acids is 2. The fourth-order valence-electron chi connectivity index (χ4n) is 2.37. The molecule has 1 saturated heterocycles. The van der Waals surface area contributed by atoms with Crippen LogP contribution >= 0.6 is 31.9 Å². The van der Waals surface area contributed by atoms with Crippen molar-refractivity contribution < 1.29 is 19.2 Å². The zero-order chi connectivity index (χ0) is 19.6. The second-order valence-electron chi connectivity index (χ2n) is 5.50. The Balaban J connectivity index is 1.78. The fraction of sp³-hybridized carbons (Fsp3) is 0.0588. The molecular weight excluding hydrogens is 486 g/mol. The molecule has 0 saturated carbocycles. The standard InChI is InChI=1S/C17H11Br2N3O5/c18-12-5-10(7-14-16(23)21-17(24)20-14)6-13(19)15(12)27-8-9-2-1-3-11(4-9)22(25)26/h1-7H,8H2,(H2,20,21,23,24)/b14-7+. The number of carbonyl (C=O) groups is 2. The van der Waals surface area contributed by atoms with Crippen LogP contribution in [0.15, 0.2) is 51.0 Å². The molecule has 8 nitrogen and oxygen atoms in total. The Hall–Kier alpha value is -2.72. The minimum absolute atomic E-state index is 0.00640. The van der Waals surface area contributed by atoms with Gasteiger partial charge in [-0.1, -0.05) is 12.1 Å². The first kappa shape index (κ1) is 19.1. The number of halogens is 2. The van der Waals surface area contributed by atoms with Crippen LogP contribution in [0, 0.1) is 10.1 Å². The van der Waals surface area contributed by atoms with E-state index in [0.29, 0.717) is 25.8 Å². The molecule has 0 bridgehead atoms. The number of nitrogens with one attached hydrogen (secondary N) is 2. The van der Waals surface area contributed by atoms with Crippen LogP contribution in [0.3, 0.4) is 0 Å². The number of benzene rings is 2. The second kappa shape index (κ2) is 7.89. The number of rotatable bonds is 5. The Morgan fingerprint density at radius 3 is 2.41 bits per heavy atom. The van der Waals surface area contributed by atoms with Crippen LogP contribution in [0.5, 0.6) is 5.75 Å². The van der Waals surface area contributed by atoms with E-state index in [1.54, 1.807) is 24.3 Å². The molecule has 0 atom stereocenters. The summed E-state index contributed by atoms with van der Waals surface area (Å²) in [5.74, 6) is 0.00167. The molecule has 2 aromatic carbocycles. The summed E-state index contributed by atoms with van der Waals surface area (Å²) >= 11 is 6.81. The van der Waals surface area contributed by atoms with Gasteiger partial charge in [0.15, 0.2) is 0 Å². The monoisotopic (exact) mass is 495 g/mol. The van der Waals surface area contributed by atoms with Gasteiger partial charge in [-0.15, -0.1) is 0 Å². The number of non-ortho nitro benzene ring substituents is 1. The zero-order valence-corrected chi connectivity index (χ0v) is 16.7. The number of nitro groups is 1. The first-order valence-corrected chi connectivity index (χ1v) is 9.11. The molecule has 138 valence electrons. The molecule has 2 N–H and O–H groups in total. The van der Waals surface area contributed by atoms with Crippen LogP contribution < -0.4 is 15.4 Å². The molecule has 2 aromatic rings. The highest BCUT2D eigenvalue weighted by molar-refractivity contribution is 9.11. The maximum atomic E-state index is 11.6. The van der Waals surface area contributed by atoms with E-state index in [0.717, 1.165) is 0 Å². The minimum Gasteiger partial charge on any atom is -0.487 e. The first-order chi connectivity index (χ1) is 12.8. The quantitative estimate of drug-likeness (QED) is 0.282. The van der Waals surface area contributed by atoms with E-state index in [9.17, 15) is 19.7 Å². The van der Waals surface area contributed by atoms with Gasteiger partial charge in [0.25, 0.3) is 11.6 Å². The van der Waals surface area contributed by atoms with Crippen molar-refractivity contribution >= 4 is 55.6 Å². The third-order valence-electron chi connectivity index (χ3n) is 3.56. The Morgan fingerprint density at radius 2 is 1.81 bits per heavy atom. The molecule has 1 heterocycles. The number of hydrogen-bond acceptors (Lipinski definition) is 5. The van der Waals surface area contributed by atoms with Crippen molar-refractivity contribution in [3.63, 3.8) is 0 Å². The average Bonchev–Trinajstić information content (AvgIpc) is 2.91. The van der Waals surface area contributed by atoms with Gasteiger partial charge in [-0.3, -0.25) is 20.2 Å². The molecule has 0 unspecified atom stereocenters. The smallest absolute Gasteiger partial charge is 0.326 e. The molecule has 0 spiro atoms. The van der Waals surface area contributed by atoms with E-state index in [2.05, 4.69) is 42.5 Å². The summed E-state index contributed by atoms with van der Waals surface area (Å²) in [6, 6.07) is 9.06. The van der Waals surface area contributed by atoms with Gasteiger partial charge in [0.2, 0.25) is 0 Å². The SMILES string of the molecule is O=C1NC(=O)/C(=C\c2cc(Br)c(OCc3cccc([N+](=O)[O-])c3)c(Br)c2)N1. The van der Waals surface area contributed by atoms with Gasteiger partial charge in [-0.05, 0) is 61.2 Å². The normalized spacial score (nSPS) is 14.8. The summed E-state index contributed by atoms with van der Waals surface area (Å²) in [4.78, 5) is 33.2. The number of hydrogen-bond donors (Lipinski definition) is 2. The van der Waals surface area contributed by atoms with Crippen LogP contribution in [-0.4, -0.2) is 16.9 Å². The Bertz CT molecular complexity index is 967. The van der Waals surface area contributed by atoms with Crippen LogP contribution in [-0.2, 0) is 11.4 Å². The maximum absolute atomic E-state index is 11.6. The molecular formula is C17H11Br2N3O5. The van der Waals surface area contributed by atoms with Gasteiger partial charge in [-0.25, -0.2) is 4.79 Å². The topological polar surface area (TPSA) is 111 Å². The van der Waals surface area contributed by atoms with Gasteiger partial charge in [-0.2, -0.15) is 0 Å². The number of urea groups is 1. The third-order valence-corrected chi connectivity index (χ3v) is 4.73. The highest BCUT2D eigenvalue weighted by atomic mass is 79.9. The second-order valence-corrected chi connectivity index (χ2v) is 7.20. The van der Waals surface area contributed by atoms with Crippen LogP contribution in [0.25, 0.3) is 6.08 Å². The number of imide groups is 1. The summed E-state index contributed by atoms with van der Waals surface area (Å²) in [5.41, 5.74) is 1.44. The van der Waals surface area contributed by atoms with E-state index in [-0.39, 0.29) is 18.0 Å². The van der Waals surface area contributed by atoms with Crippen LogP contribution in [0.4, 0.5) is 10.5 Å². The van der Waals surface area contributed by atoms with Crippen molar-refractivity contribution in [3.05, 3.63) is 72.3 Å². The molecule has 0 aromatic heterocycles. The van der Waals surface area contributed by atoms with E-state index in [4.69, 9.17) is 4.74 Å². The van der Waals surface area contributed by atoms with Gasteiger partial charge < -0.3 is 10.1 Å². The lowest BCUT2D eigenvalue weighted by atomic mass is 10.2. The van der Waals surface area contributed by atoms with Gasteiger partial charge in [0.1, 0.15) is 18.1 Å². The Kier molecular flexibility index (Phi) is 5.57. The van der Waals surface area contributed by atoms with E-state index in [1.807, 2.05) is 0 Å². The predicted octanol–water partition coefficient (Wildman–Crippen LogP) is 3.88. The van der Waals surface area contributed by atoms with Crippen molar-refractivity contribution in [1.29, 1.82) is 0 Å². The highest BCUT2D eigenvalue weighted by Crippen LogP contribution is 2.36. The van der Waals surface area contributed by atoms with Crippen molar-refractivity contribution in [2.75, 3.05) is 0 Å². The summed E-state index contributed by atoms with van der Waals surface area (Å²) in [6.07, 6.45) is 1.53. The molecule has 0 aliphatic carbocycles. The molecule has 10 heteroatoms. The number of nitrogens with zero attached hydrogens (tertiary/aromatic N) is 1. The van der Waals surface area contributed by atoms with E-state index < -0.39 is 16.9 Å². The fourth-order valence-corrected chi connectivity index (χ4v) is 3.82. The molecule has 3 rings (SSSR count). The Morgan fingerprint density at radius 1 is 1.11 bits per heavy atom. The van der Waals surface area contributed by atoms with E-state index >= 15 is 0 Å². The Labute approximate surface area is 170 Å². The first-order valence-electron chi connectivity index (χ1n) is 7.52. The summed E-state index contributed by atoms with van der Waals surface area (Å²) in [6.45, 7) is 0.137. The van der Waals surface area contributed by atoms with Crippen molar-refractivity contribution in [1.82, 2.24) is 10.6 Å². The zero-order valence-electron chi connectivity index (χ0n) is 13.5. The van der Waals surface area contributed by atoms with Gasteiger partial charge in [0, 0.05) is 12.1 Å². The molecule has 27 heavy (non-hydrogen) atoms. The third kappa shape index (κ3) is 4.52. The molecule has 1 aliphatic rings. The lowest BCUT2D eigenvalue weighted by molar-refractivity contribution is -0.384. The van der Waals surface area contributed by atoms with Crippen LogP contribution in [0.2, 0.25) is 0 Å². The average molecular weight is 497 g/mol. The van der Waals surface area contributed by atoms with Crippen LogP contribution in [0.1, 0.15) is 11.1 Å². The summed E-state index contributed by atoms with van der Waals surface area (Å²) in [7, 11) is 0. The summed E-state index contributed by atoms with van der Waals surface area (Å²) in [5, 5.41) is 15.4.